The van der Waals surface area contributed by atoms with Gasteiger partial charge in [-0.05, 0) is 18.2 Å². The minimum absolute atomic E-state index is 0. The van der Waals surface area contributed by atoms with E-state index in [1.165, 1.54) is 6.07 Å². The molecule has 0 fully saturated rings. The standard InChI is InChI=1S/C13H16N2O7S2.2Na.2H/c1-13(2,3)11-7-12(16)15(14-11)8-4-9(23(17,18)19)6-10(5-8)24(20,21)22;;;;/h4-7,14H,1-3H3,(H,17,18,19)(H,20,21,22);;;;. The van der Waals surface area contributed by atoms with Crippen LogP contribution >= 0.6 is 0 Å². The Bertz CT molecular complexity index is 1010. The Labute approximate surface area is 195 Å². The van der Waals surface area contributed by atoms with Crippen LogP contribution in [0.1, 0.15) is 26.5 Å². The number of hydrogen-bond donors (Lipinski definition) is 3. The molecule has 0 spiro atoms. The summed E-state index contributed by atoms with van der Waals surface area (Å²) in [6, 6.07) is 3.70. The summed E-state index contributed by atoms with van der Waals surface area (Å²) in [7, 11) is -9.51. The quantitative estimate of drug-likeness (QED) is 0.451. The van der Waals surface area contributed by atoms with Gasteiger partial charge >= 0.3 is 59.1 Å². The summed E-state index contributed by atoms with van der Waals surface area (Å²) in [5, 5.41) is 2.75. The van der Waals surface area contributed by atoms with Gasteiger partial charge in [0.25, 0.3) is 25.8 Å². The zero-order valence-corrected chi connectivity index (χ0v) is 14.6. The molecule has 0 bridgehead atoms. The van der Waals surface area contributed by atoms with Gasteiger partial charge in [0.2, 0.25) is 0 Å². The van der Waals surface area contributed by atoms with E-state index < -0.39 is 41.0 Å². The second-order valence-corrected chi connectivity index (χ2v) is 9.05. The first-order valence-electron chi connectivity index (χ1n) is 6.62. The summed E-state index contributed by atoms with van der Waals surface area (Å²) < 4.78 is 64.5. The average molecular weight is 424 g/mol. The number of rotatable bonds is 3. The van der Waals surface area contributed by atoms with Gasteiger partial charge in [-0.25, -0.2) is 4.68 Å². The van der Waals surface area contributed by atoms with E-state index in [-0.39, 0.29) is 64.8 Å². The normalized spacial score (nSPS) is 12.2. The Morgan fingerprint density at radius 2 is 1.31 bits per heavy atom. The monoisotopic (exact) mass is 424 g/mol. The summed E-state index contributed by atoms with van der Waals surface area (Å²) >= 11 is 0. The van der Waals surface area contributed by atoms with Crippen LogP contribution in [0, 0.1) is 0 Å². The SMILES string of the molecule is CC(C)(C)c1cc(=O)n(-c2cc(S(=O)(=O)O)cc(S(=O)(=O)O)c2)[nH]1.[NaH].[NaH]. The summed E-state index contributed by atoms with van der Waals surface area (Å²) in [5.74, 6) is 0. The van der Waals surface area contributed by atoms with E-state index in [2.05, 4.69) is 5.10 Å². The number of aromatic nitrogens is 2. The average Bonchev–Trinajstić information content (AvgIpc) is 2.78. The second-order valence-electron chi connectivity index (χ2n) is 6.21. The molecular weight excluding hydrogens is 406 g/mol. The molecule has 0 aliphatic carbocycles. The molecule has 2 rings (SSSR count). The van der Waals surface area contributed by atoms with Crippen molar-refractivity contribution in [3.8, 4) is 5.69 Å². The van der Waals surface area contributed by atoms with Gasteiger partial charge < -0.3 is 0 Å². The van der Waals surface area contributed by atoms with E-state index in [0.717, 1.165) is 16.8 Å². The van der Waals surface area contributed by atoms with Crippen LogP contribution in [-0.4, -0.2) is 94.8 Å². The maximum absolute atomic E-state index is 12.1. The molecule has 0 aliphatic rings. The first kappa shape index (κ1) is 26.1. The maximum atomic E-state index is 12.1. The van der Waals surface area contributed by atoms with Gasteiger partial charge in [-0.2, -0.15) is 16.8 Å². The van der Waals surface area contributed by atoms with Crippen molar-refractivity contribution in [2.75, 3.05) is 0 Å². The van der Waals surface area contributed by atoms with Crippen molar-refractivity contribution in [1.29, 1.82) is 0 Å². The Balaban J connectivity index is 0.00000312. The molecule has 0 saturated carbocycles. The number of nitrogens with one attached hydrogen (secondary N) is 1. The molecule has 136 valence electrons. The number of nitrogens with zero attached hydrogens (tertiary/aromatic N) is 1. The van der Waals surface area contributed by atoms with Crippen LogP contribution in [0.2, 0.25) is 0 Å². The third kappa shape index (κ3) is 6.03. The summed E-state index contributed by atoms with van der Waals surface area (Å²) in [6.07, 6.45) is 0. The van der Waals surface area contributed by atoms with E-state index >= 15 is 0 Å². The molecule has 0 saturated heterocycles. The third-order valence-corrected chi connectivity index (χ3v) is 4.91. The third-order valence-electron chi connectivity index (χ3n) is 3.25. The van der Waals surface area contributed by atoms with Crippen LogP contribution in [0.5, 0.6) is 0 Å². The molecule has 1 aromatic carbocycles. The molecule has 0 aliphatic heterocycles. The van der Waals surface area contributed by atoms with Crippen molar-refractivity contribution < 1.29 is 25.9 Å². The van der Waals surface area contributed by atoms with Gasteiger partial charge in [0.05, 0.1) is 15.5 Å². The number of benzene rings is 1. The molecule has 0 radical (unpaired) electrons. The molecule has 0 amide bonds. The van der Waals surface area contributed by atoms with E-state index in [9.17, 15) is 21.6 Å². The first-order chi connectivity index (χ1) is 10.7. The molecule has 0 atom stereocenters. The van der Waals surface area contributed by atoms with Gasteiger partial charge in [0.1, 0.15) is 0 Å². The van der Waals surface area contributed by atoms with Crippen molar-refractivity contribution in [3.05, 3.63) is 40.3 Å². The zero-order valence-electron chi connectivity index (χ0n) is 13.0. The van der Waals surface area contributed by atoms with Crippen LogP contribution in [0.3, 0.4) is 0 Å². The van der Waals surface area contributed by atoms with E-state index in [1.807, 2.05) is 20.8 Å². The van der Waals surface area contributed by atoms with Crippen LogP contribution < -0.4 is 5.56 Å². The van der Waals surface area contributed by atoms with Crippen LogP contribution in [0.25, 0.3) is 5.69 Å². The second kappa shape index (κ2) is 8.60. The van der Waals surface area contributed by atoms with Crippen molar-refractivity contribution in [2.24, 2.45) is 0 Å². The molecule has 2 aromatic rings. The molecule has 9 nitrogen and oxygen atoms in total. The first-order valence-corrected chi connectivity index (χ1v) is 9.50. The summed E-state index contributed by atoms with van der Waals surface area (Å²) in [4.78, 5) is 10.6. The molecule has 1 heterocycles. The van der Waals surface area contributed by atoms with Gasteiger partial charge in [0, 0.05) is 17.2 Å². The molecule has 0 unspecified atom stereocenters. The molecule has 1 aromatic heterocycles. The van der Waals surface area contributed by atoms with E-state index in [4.69, 9.17) is 9.11 Å². The number of hydrogen-bond acceptors (Lipinski definition) is 5. The van der Waals surface area contributed by atoms with Crippen molar-refractivity contribution in [3.63, 3.8) is 0 Å². The molecule has 13 heteroatoms. The van der Waals surface area contributed by atoms with E-state index in [1.54, 1.807) is 0 Å². The van der Waals surface area contributed by atoms with Crippen LogP contribution in [-0.2, 0) is 25.7 Å². The van der Waals surface area contributed by atoms with Crippen molar-refractivity contribution in [1.82, 2.24) is 9.78 Å². The number of aromatic amines is 1. The van der Waals surface area contributed by atoms with Gasteiger partial charge in [-0.3, -0.25) is 19.0 Å². The minimum atomic E-state index is -4.76. The van der Waals surface area contributed by atoms with Crippen molar-refractivity contribution in [2.45, 2.75) is 36.0 Å². The van der Waals surface area contributed by atoms with Gasteiger partial charge in [-0.1, -0.05) is 20.8 Å². The Morgan fingerprint density at radius 3 is 1.62 bits per heavy atom. The summed E-state index contributed by atoms with van der Waals surface area (Å²) in [5.41, 5.74) is -0.623. The molecule has 26 heavy (non-hydrogen) atoms. The van der Waals surface area contributed by atoms with Crippen molar-refractivity contribution >= 4 is 79.4 Å². The topological polar surface area (TPSA) is 147 Å². The predicted molar refractivity (Wildman–Crippen MR) is 99.0 cm³/mol. The fraction of sp³-hybridized carbons (Fsp3) is 0.308. The fourth-order valence-corrected chi connectivity index (χ4v) is 3.12. The van der Waals surface area contributed by atoms with Crippen LogP contribution in [0.15, 0.2) is 38.9 Å². The Kier molecular flexibility index (Phi) is 8.61. The van der Waals surface area contributed by atoms with Gasteiger partial charge in [-0.15, -0.1) is 0 Å². The fourth-order valence-electron chi connectivity index (χ4n) is 1.96. The molecule has 3 N–H and O–H groups in total. The summed E-state index contributed by atoms with van der Waals surface area (Å²) in [6.45, 7) is 5.50. The van der Waals surface area contributed by atoms with Gasteiger partial charge in [0.15, 0.2) is 0 Å². The molecular formula is C13H18N2Na2O7S2. The Morgan fingerprint density at radius 1 is 0.885 bits per heavy atom. The van der Waals surface area contributed by atoms with Crippen LogP contribution in [0.4, 0.5) is 0 Å². The number of H-pyrrole nitrogens is 1. The predicted octanol–water partition coefficient (Wildman–Crippen LogP) is -0.341. The Hall–Kier alpha value is 0.0500. The zero-order chi connectivity index (χ0) is 18.5. The van der Waals surface area contributed by atoms with E-state index in [0.29, 0.717) is 11.8 Å².